The maximum absolute atomic E-state index is 11.9. The normalized spacial score (nSPS) is 9.90. The van der Waals surface area contributed by atoms with Crippen LogP contribution in [0.15, 0.2) is 18.3 Å². The Balaban J connectivity index is 2.64. The second kappa shape index (κ2) is 6.95. The standard InChI is InChI=1S/C14H12IN3O2S/c1-9-4-5-11(8-16-9)18-10(2)12(6-7-21-15)17-13(18)14(19)20-3/h4-5,8H,1-3H3. The van der Waals surface area contributed by atoms with Crippen LogP contribution in [0.5, 0.6) is 0 Å². The Bertz CT molecular complexity index is 729. The number of halogens is 1. The highest BCUT2D eigenvalue weighted by Gasteiger charge is 2.21. The average molecular weight is 413 g/mol. The van der Waals surface area contributed by atoms with E-state index in [0.717, 1.165) is 17.1 Å². The highest BCUT2D eigenvalue weighted by atomic mass is 127. The third-order valence-corrected chi connectivity index (χ3v) is 3.68. The molecule has 0 saturated carbocycles. The van der Waals surface area contributed by atoms with E-state index in [0.29, 0.717) is 5.69 Å². The number of ether oxygens (including phenoxy) is 1. The SMILES string of the molecule is COC(=O)c1nc(C#CSI)c(C)n1-c1ccc(C)nc1. The fourth-order valence-corrected chi connectivity index (χ4v) is 2.29. The van der Waals surface area contributed by atoms with Crippen molar-refractivity contribution in [2.45, 2.75) is 13.8 Å². The lowest BCUT2D eigenvalue weighted by Crippen LogP contribution is -2.11. The van der Waals surface area contributed by atoms with Crippen LogP contribution in [0.1, 0.15) is 27.7 Å². The number of hydrogen-bond donors (Lipinski definition) is 0. The second-order valence-electron chi connectivity index (χ2n) is 4.16. The van der Waals surface area contributed by atoms with Crippen molar-refractivity contribution in [3.63, 3.8) is 0 Å². The third-order valence-electron chi connectivity index (χ3n) is 2.84. The fourth-order valence-electron chi connectivity index (χ4n) is 1.82. The summed E-state index contributed by atoms with van der Waals surface area (Å²) in [5.41, 5.74) is 2.98. The molecule has 0 fully saturated rings. The zero-order chi connectivity index (χ0) is 15.4. The largest absolute Gasteiger partial charge is 0.463 e. The summed E-state index contributed by atoms with van der Waals surface area (Å²) in [4.78, 5) is 20.5. The molecule has 0 aromatic carbocycles. The number of pyridine rings is 1. The monoisotopic (exact) mass is 413 g/mol. The van der Waals surface area contributed by atoms with E-state index in [1.165, 1.54) is 16.0 Å². The maximum atomic E-state index is 11.9. The number of methoxy groups -OCH3 is 1. The van der Waals surface area contributed by atoms with Crippen molar-refractivity contribution in [2.75, 3.05) is 7.11 Å². The van der Waals surface area contributed by atoms with Crippen molar-refractivity contribution in [3.8, 4) is 16.9 Å². The topological polar surface area (TPSA) is 57.0 Å². The lowest BCUT2D eigenvalue weighted by atomic mass is 10.3. The van der Waals surface area contributed by atoms with Crippen LogP contribution in [0, 0.1) is 25.0 Å². The molecule has 21 heavy (non-hydrogen) atoms. The van der Waals surface area contributed by atoms with Gasteiger partial charge in [-0.3, -0.25) is 9.55 Å². The summed E-state index contributed by atoms with van der Waals surface area (Å²) < 4.78 is 6.51. The zero-order valence-electron chi connectivity index (χ0n) is 11.7. The molecule has 0 aliphatic heterocycles. The Kier molecular flexibility index (Phi) is 5.25. The number of carbonyl (C=O) groups is 1. The number of hydrogen-bond acceptors (Lipinski definition) is 5. The number of esters is 1. The number of nitrogens with zero attached hydrogens (tertiary/aromatic N) is 3. The minimum absolute atomic E-state index is 0.198. The summed E-state index contributed by atoms with van der Waals surface area (Å²) in [6.07, 6.45) is 1.70. The van der Waals surface area contributed by atoms with Gasteiger partial charge in [-0.2, -0.15) is 0 Å². The van der Waals surface area contributed by atoms with Gasteiger partial charge in [0, 0.05) is 26.9 Å². The van der Waals surface area contributed by atoms with Gasteiger partial charge in [-0.15, -0.1) is 0 Å². The van der Waals surface area contributed by atoms with Gasteiger partial charge >= 0.3 is 5.97 Å². The van der Waals surface area contributed by atoms with Gasteiger partial charge in [0.15, 0.2) is 0 Å². The molecule has 0 spiro atoms. The molecule has 2 aromatic heterocycles. The van der Waals surface area contributed by atoms with Crippen molar-refractivity contribution in [1.82, 2.24) is 14.5 Å². The molecule has 0 radical (unpaired) electrons. The Morgan fingerprint density at radius 3 is 2.76 bits per heavy atom. The molecule has 2 heterocycles. The fraction of sp³-hybridized carbons (Fsp3) is 0.214. The van der Waals surface area contributed by atoms with Crippen LogP contribution in [-0.2, 0) is 4.74 Å². The van der Waals surface area contributed by atoms with Gasteiger partial charge in [-0.1, -0.05) is 0 Å². The number of rotatable bonds is 2. The molecule has 0 unspecified atom stereocenters. The lowest BCUT2D eigenvalue weighted by Gasteiger charge is -2.08. The summed E-state index contributed by atoms with van der Waals surface area (Å²) in [7, 11) is 2.69. The van der Waals surface area contributed by atoms with E-state index in [4.69, 9.17) is 4.74 Å². The molecule has 2 aromatic rings. The smallest absolute Gasteiger partial charge is 0.374 e. The van der Waals surface area contributed by atoms with E-state index in [2.05, 4.69) is 42.3 Å². The van der Waals surface area contributed by atoms with Gasteiger partial charge in [0.2, 0.25) is 5.82 Å². The van der Waals surface area contributed by atoms with Gasteiger partial charge in [-0.05, 0) is 46.1 Å². The minimum atomic E-state index is -0.506. The van der Waals surface area contributed by atoms with Crippen molar-refractivity contribution >= 4 is 36.1 Å². The van der Waals surface area contributed by atoms with Crippen molar-refractivity contribution in [1.29, 1.82) is 0 Å². The van der Waals surface area contributed by atoms with Crippen LogP contribution >= 0.6 is 30.1 Å². The minimum Gasteiger partial charge on any atom is -0.463 e. The average Bonchev–Trinajstić information content (AvgIpc) is 2.82. The first kappa shape index (κ1) is 15.9. The van der Waals surface area contributed by atoms with Gasteiger partial charge < -0.3 is 4.74 Å². The molecule has 0 aliphatic rings. The quantitative estimate of drug-likeness (QED) is 0.431. The van der Waals surface area contributed by atoms with E-state index in [1.807, 2.05) is 26.0 Å². The lowest BCUT2D eigenvalue weighted by molar-refractivity contribution is 0.0584. The Hall–Kier alpha value is -1.53. The van der Waals surface area contributed by atoms with Crippen LogP contribution in [0.2, 0.25) is 0 Å². The number of carbonyl (C=O) groups excluding carboxylic acids is 1. The Labute approximate surface area is 139 Å². The summed E-state index contributed by atoms with van der Waals surface area (Å²) in [5.74, 6) is 2.62. The summed E-state index contributed by atoms with van der Waals surface area (Å²) in [6, 6.07) is 3.76. The highest BCUT2D eigenvalue weighted by Crippen LogP contribution is 2.19. The van der Waals surface area contributed by atoms with E-state index in [1.54, 1.807) is 10.8 Å². The number of imidazole rings is 1. The van der Waals surface area contributed by atoms with Crippen LogP contribution in [-0.4, -0.2) is 27.6 Å². The van der Waals surface area contributed by atoms with Gasteiger partial charge in [-0.25, -0.2) is 9.78 Å². The molecule has 108 valence electrons. The Morgan fingerprint density at radius 1 is 1.43 bits per heavy atom. The highest BCUT2D eigenvalue weighted by molar-refractivity contribution is 14.2. The van der Waals surface area contributed by atoms with E-state index >= 15 is 0 Å². The van der Waals surface area contributed by atoms with Crippen molar-refractivity contribution in [2.24, 2.45) is 0 Å². The molecule has 0 atom stereocenters. The molecular formula is C14H12IN3O2S. The molecule has 0 bridgehead atoms. The zero-order valence-corrected chi connectivity index (χ0v) is 14.7. The van der Waals surface area contributed by atoms with Gasteiger partial charge in [0.05, 0.1) is 24.7 Å². The first-order valence-electron chi connectivity index (χ1n) is 5.97. The van der Waals surface area contributed by atoms with E-state index in [-0.39, 0.29) is 5.82 Å². The van der Waals surface area contributed by atoms with E-state index < -0.39 is 5.97 Å². The van der Waals surface area contributed by atoms with Crippen molar-refractivity contribution < 1.29 is 9.53 Å². The molecule has 5 nitrogen and oxygen atoms in total. The molecule has 0 saturated heterocycles. The first-order chi connectivity index (χ1) is 10.1. The molecular weight excluding hydrogens is 401 g/mol. The molecule has 0 aliphatic carbocycles. The summed E-state index contributed by atoms with van der Waals surface area (Å²) >= 11 is 2.08. The predicted octanol–water partition coefficient (Wildman–Crippen LogP) is 3.06. The van der Waals surface area contributed by atoms with Crippen LogP contribution in [0.3, 0.4) is 0 Å². The first-order valence-corrected chi connectivity index (χ1v) is 9.33. The third kappa shape index (κ3) is 3.39. The van der Waals surface area contributed by atoms with Crippen molar-refractivity contribution in [3.05, 3.63) is 41.2 Å². The Morgan fingerprint density at radius 2 is 2.19 bits per heavy atom. The van der Waals surface area contributed by atoms with Gasteiger partial charge in [0.25, 0.3) is 0 Å². The molecule has 2 rings (SSSR count). The molecule has 0 amide bonds. The summed E-state index contributed by atoms with van der Waals surface area (Å²) in [5, 5.41) is 2.87. The van der Waals surface area contributed by atoms with E-state index in [9.17, 15) is 4.79 Å². The van der Waals surface area contributed by atoms with Gasteiger partial charge in [0.1, 0.15) is 5.69 Å². The van der Waals surface area contributed by atoms with Crippen LogP contribution < -0.4 is 0 Å². The maximum Gasteiger partial charge on any atom is 0.374 e. The summed E-state index contributed by atoms with van der Waals surface area (Å²) in [6.45, 7) is 3.77. The number of aromatic nitrogens is 3. The molecule has 7 heteroatoms. The number of aryl methyl sites for hydroxylation is 1. The predicted molar refractivity (Wildman–Crippen MR) is 90.7 cm³/mol. The molecule has 0 N–H and O–H groups in total. The van der Waals surface area contributed by atoms with Crippen LogP contribution in [0.25, 0.3) is 5.69 Å². The second-order valence-corrected chi connectivity index (χ2v) is 5.84. The van der Waals surface area contributed by atoms with Crippen LogP contribution in [0.4, 0.5) is 0 Å².